The average molecular weight is 391 g/mol. The minimum Gasteiger partial charge on any atom is -0.457 e. The summed E-state index contributed by atoms with van der Waals surface area (Å²) in [6, 6.07) is 25.3. The van der Waals surface area contributed by atoms with E-state index >= 15 is 0 Å². The number of rotatable bonds is 7. The van der Waals surface area contributed by atoms with E-state index < -0.39 is 5.60 Å². The van der Waals surface area contributed by atoms with Gasteiger partial charge in [0.25, 0.3) is 0 Å². The summed E-state index contributed by atoms with van der Waals surface area (Å²) in [7, 11) is 0. The van der Waals surface area contributed by atoms with Crippen LogP contribution in [0.1, 0.15) is 24.0 Å². The van der Waals surface area contributed by atoms with Crippen molar-refractivity contribution in [1.82, 2.24) is 0 Å². The first-order valence-electron chi connectivity index (χ1n) is 9.60. The maximum absolute atomic E-state index is 11.3. The van der Waals surface area contributed by atoms with Gasteiger partial charge < -0.3 is 9.84 Å². The fourth-order valence-corrected chi connectivity index (χ4v) is 3.53. The lowest BCUT2D eigenvalue weighted by Crippen LogP contribution is -2.31. The molecule has 1 unspecified atom stereocenters. The fourth-order valence-electron chi connectivity index (χ4n) is 3.41. The van der Waals surface area contributed by atoms with Crippen LogP contribution < -0.4 is 4.74 Å². The molecular weight excluding hydrogens is 368 g/mol. The van der Waals surface area contributed by atoms with Gasteiger partial charge in [-0.25, -0.2) is 0 Å². The van der Waals surface area contributed by atoms with E-state index in [1.165, 1.54) is 0 Å². The van der Waals surface area contributed by atoms with Crippen LogP contribution in [0.5, 0.6) is 11.5 Å². The lowest BCUT2D eigenvalue weighted by atomic mass is 9.88. The highest BCUT2D eigenvalue weighted by Crippen LogP contribution is 2.43. The third-order valence-corrected chi connectivity index (χ3v) is 5.34. The molecule has 1 aliphatic carbocycles. The summed E-state index contributed by atoms with van der Waals surface area (Å²) in [5, 5.41) is 12.1. The van der Waals surface area contributed by atoms with Crippen molar-refractivity contribution >= 4 is 17.7 Å². The molecule has 1 saturated carbocycles. The van der Waals surface area contributed by atoms with Gasteiger partial charge in [-0.05, 0) is 66.3 Å². The van der Waals surface area contributed by atoms with Gasteiger partial charge in [0.1, 0.15) is 11.5 Å². The van der Waals surface area contributed by atoms with Gasteiger partial charge in [0, 0.05) is 11.4 Å². The molecule has 0 heterocycles. The van der Waals surface area contributed by atoms with E-state index in [-0.39, 0.29) is 0 Å². The molecule has 3 aromatic rings. The van der Waals surface area contributed by atoms with E-state index in [1.54, 1.807) is 0 Å². The highest BCUT2D eigenvalue weighted by atomic mass is 35.5. The molecule has 0 aromatic heterocycles. The van der Waals surface area contributed by atoms with Gasteiger partial charge >= 0.3 is 0 Å². The zero-order valence-corrected chi connectivity index (χ0v) is 16.3. The summed E-state index contributed by atoms with van der Waals surface area (Å²) in [6.45, 7) is 0. The molecule has 142 valence electrons. The number of ether oxygens (including phenoxy) is 1. The number of hydrogen-bond donors (Lipinski definition) is 1. The quantitative estimate of drug-likeness (QED) is 0.497. The largest absolute Gasteiger partial charge is 0.457 e. The van der Waals surface area contributed by atoms with E-state index in [0.29, 0.717) is 17.4 Å². The second kappa shape index (κ2) is 8.22. The lowest BCUT2D eigenvalue weighted by Gasteiger charge is -2.25. The third-order valence-electron chi connectivity index (χ3n) is 5.08. The maximum Gasteiger partial charge on any atom is 0.127 e. The summed E-state index contributed by atoms with van der Waals surface area (Å²) in [5.74, 6) is 1.89. The maximum atomic E-state index is 11.3. The Labute approximate surface area is 171 Å². The monoisotopic (exact) mass is 390 g/mol. The molecule has 0 bridgehead atoms. The van der Waals surface area contributed by atoms with E-state index in [1.807, 2.05) is 91.0 Å². The zero-order chi connectivity index (χ0) is 19.4. The lowest BCUT2D eigenvalue weighted by molar-refractivity contribution is 0.0686. The van der Waals surface area contributed by atoms with Crippen molar-refractivity contribution in [3.05, 3.63) is 101 Å². The molecule has 0 amide bonds. The molecule has 1 N–H and O–H groups in total. The molecule has 0 saturated heterocycles. The Morgan fingerprint density at radius 2 is 1.64 bits per heavy atom. The molecule has 3 aromatic carbocycles. The topological polar surface area (TPSA) is 29.5 Å². The van der Waals surface area contributed by atoms with Crippen molar-refractivity contribution in [2.45, 2.75) is 24.9 Å². The van der Waals surface area contributed by atoms with Crippen molar-refractivity contribution in [3.8, 4) is 11.5 Å². The van der Waals surface area contributed by atoms with Crippen LogP contribution in [-0.2, 0) is 6.42 Å². The van der Waals surface area contributed by atoms with E-state index in [9.17, 15) is 5.11 Å². The smallest absolute Gasteiger partial charge is 0.127 e. The second-order valence-electron chi connectivity index (χ2n) is 7.39. The highest BCUT2D eigenvalue weighted by Gasteiger charge is 2.41. The predicted molar refractivity (Wildman–Crippen MR) is 115 cm³/mol. The number of hydrogen-bond acceptors (Lipinski definition) is 2. The van der Waals surface area contributed by atoms with Crippen molar-refractivity contribution in [2.24, 2.45) is 5.92 Å². The van der Waals surface area contributed by atoms with Gasteiger partial charge in [-0.15, -0.1) is 0 Å². The molecule has 4 rings (SSSR count). The van der Waals surface area contributed by atoms with Crippen molar-refractivity contribution in [1.29, 1.82) is 0 Å². The SMILES string of the molecule is OC(C=Cc1ccc(Cl)cc1)(Cc1cccc(Oc2ccccc2)c1)C1CC1. The Morgan fingerprint density at radius 1 is 0.929 bits per heavy atom. The number of aliphatic hydroxyl groups is 1. The Bertz CT molecular complexity index is 946. The number of para-hydroxylation sites is 1. The number of benzene rings is 3. The van der Waals surface area contributed by atoms with Crippen molar-refractivity contribution < 1.29 is 9.84 Å². The fraction of sp³-hybridized carbons (Fsp3) is 0.200. The summed E-state index contributed by atoms with van der Waals surface area (Å²) in [4.78, 5) is 0. The van der Waals surface area contributed by atoms with Gasteiger partial charge in [0.05, 0.1) is 5.60 Å². The minimum absolute atomic E-state index is 0.301. The molecule has 0 spiro atoms. The molecule has 1 fully saturated rings. The van der Waals surface area contributed by atoms with Gasteiger partial charge in [0.15, 0.2) is 0 Å². The van der Waals surface area contributed by atoms with Crippen molar-refractivity contribution in [2.75, 3.05) is 0 Å². The van der Waals surface area contributed by atoms with E-state index in [0.717, 1.165) is 35.5 Å². The molecule has 2 nitrogen and oxygen atoms in total. The summed E-state index contributed by atoms with van der Waals surface area (Å²) < 4.78 is 5.94. The van der Waals surface area contributed by atoms with E-state index in [4.69, 9.17) is 16.3 Å². The van der Waals surface area contributed by atoms with Crippen LogP contribution in [0, 0.1) is 5.92 Å². The molecule has 1 atom stereocenters. The van der Waals surface area contributed by atoms with Gasteiger partial charge in [-0.2, -0.15) is 0 Å². The first-order valence-corrected chi connectivity index (χ1v) is 9.98. The molecule has 1 aliphatic rings. The molecular formula is C25H23ClO2. The van der Waals surface area contributed by atoms with Gasteiger partial charge in [0.2, 0.25) is 0 Å². The van der Waals surface area contributed by atoms with Crippen molar-refractivity contribution in [3.63, 3.8) is 0 Å². The van der Waals surface area contributed by atoms with Crippen LogP contribution in [0.15, 0.2) is 84.9 Å². The zero-order valence-electron chi connectivity index (χ0n) is 15.6. The summed E-state index contributed by atoms with van der Waals surface area (Å²) in [6.07, 6.45) is 6.61. The van der Waals surface area contributed by atoms with Crippen LogP contribution >= 0.6 is 11.6 Å². The van der Waals surface area contributed by atoms with Crippen LogP contribution in [-0.4, -0.2) is 10.7 Å². The standard InChI is InChI=1S/C25H23ClO2/c26-22-13-9-19(10-14-22)15-16-25(27,21-11-12-21)18-20-5-4-8-24(17-20)28-23-6-2-1-3-7-23/h1-10,13-17,21,27H,11-12,18H2. The average Bonchev–Trinajstić information content (AvgIpc) is 3.55. The summed E-state index contributed by atoms with van der Waals surface area (Å²) >= 11 is 5.96. The van der Waals surface area contributed by atoms with Crippen LogP contribution in [0.2, 0.25) is 5.02 Å². The Morgan fingerprint density at radius 3 is 2.36 bits per heavy atom. The minimum atomic E-state index is -0.856. The Hall–Kier alpha value is -2.55. The van der Waals surface area contributed by atoms with Gasteiger partial charge in [-0.1, -0.05) is 66.2 Å². The molecule has 28 heavy (non-hydrogen) atoms. The van der Waals surface area contributed by atoms with Crippen LogP contribution in [0.3, 0.4) is 0 Å². The Kier molecular flexibility index (Phi) is 5.52. The van der Waals surface area contributed by atoms with Crippen LogP contribution in [0.25, 0.3) is 6.08 Å². The summed E-state index contributed by atoms with van der Waals surface area (Å²) in [5.41, 5.74) is 1.23. The first kappa shape index (κ1) is 18.8. The normalized spacial score (nSPS) is 16.1. The molecule has 0 radical (unpaired) electrons. The molecule has 3 heteroatoms. The van der Waals surface area contributed by atoms with E-state index in [2.05, 4.69) is 0 Å². The number of halogens is 1. The van der Waals surface area contributed by atoms with Crippen LogP contribution in [0.4, 0.5) is 0 Å². The first-order chi connectivity index (χ1) is 13.6. The third kappa shape index (κ3) is 4.83. The predicted octanol–water partition coefficient (Wildman–Crippen LogP) is 6.53. The molecule has 0 aliphatic heterocycles. The Balaban J connectivity index is 1.51. The van der Waals surface area contributed by atoms with Gasteiger partial charge in [-0.3, -0.25) is 0 Å². The second-order valence-corrected chi connectivity index (χ2v) is 7.83. The highest BCUT2D eigenvalue weighted by molar-refractivity contribution is 6.30.